The van der Waals surface area contributed by atoms with E-state index in [1.165, 1.54) is 0 Å². The number of hydrogen-bond donors (Lipinski definition) is 2. The van der Waals surface area contributed by atoms with Crippen molar-refractivity contribution in [2.45, 2.75) is 50.7 Å². The second-order valence-electron chi connectivity index (χ2n) is 5.71. The maximum absolute atomic E-state index is 13.0. The fraction of sp³-hybridized carbons (Fsp3) is 0.923. The van der Waals surface area contributed by atoms with Gasteiger partial charge in [0, 0.05) is 0 Å². The number of carbonyl (C=O) groups is 1. The number of hydrogen-bond acceptors (Lipinski definition) is 2. The van der Waals surface area contributed by atoms with Crippen LogP contribution in [0.25, 0.3) is 0 Å². The summed E-state index contributed by atoms with van der Waals surface area (Å²) in [6, 6.07) is -1.68. The summed E-state index contributed by atoms with van der Waals surface area (Å²) in [7, 11) is 0. The van der Waals surface area contributed by atoms with Crippen LogP contribution >= 0.6 is 12.4 Å². The Morgan fingerprint density at radius 1 is 1.15 bits per heavy atom. The lowest BCUT2D eigenvalue weighted by Crippen LogP contribution is -2.51. The van der Waals surface area contributed by atoms with Crippen LogP contribution in [0.3, 0.4) is 0 Å². The molecular weight excluding hydrogens is 293 g/mol. The number of carbonyl (C=O) groups excluding carboxylic acids is 1. The van der Waals surface area contributed by atoms with Gasteiger partial charge in [0.15, 0.2) is 0 Å². The van der Waals surface area contributed by atoms with Crippen LogP contribution < -0.4 is 10.6 Å². The van der Waals surface area contributed by atoms with E-state index in [0.717, 1.165) is 32.2 Å². The lowest BCUT2D eigenvalue weighted by atomic mass is 9.97. The number of rotatable bonds is 6. The third kappa shape index (κ3) is 5.48. The summed E-state index contributed by atoms with van der Waals surface area (Å²) >= 11 is 0. The van der Waals surface area contributed by atoms with Gasteiger partial charge in [0.25, 0.3) is 0 Å². The summed E-state index contributed by atoms with van der Waals surface area (Å²) in [5.74, 6) is -0.386. The molecule has 7 heteroatoms. The Kier molecular flexibility index (Phi) is 6.58. The highest BCUT2D eigenvalue weighted by Gasteiger charge is 2.46. The Balaban J connectivity index is 0.00000200. The predicted octanol–water partition coefficient (Wildman–Crippen LogP) is 2.65. The molecule has 2 fully saturated rings. The molecule has 0 aromatic carbocycles. The smallest absolute Gasteiger partial charge is 0.343 e. The lowest BCUT2D eigenvalue weighted by molar-refractivity contribution is -0.171. The van der Waals surface area contributed by atoms with E-state index in [0.29, 0.717) is 18.8 Å². The maximum atomic E-state index is 13.0. The van der Waals surface area contributed by atoms with Crippen molar-refractivity contribution < 1.29 is 18.0 Å². The van der Waals surface area contributed by atoms with Gasteiger partial charge in [0.1, 0.15) is 6.04 Å². The molecule has 1 atom stereocenters. The molecule has 2 saturated carbocycles. The molecule has 0 spiro atoms. The highest BCUT2D eigenvalue weighted by Crippen LogP contribution is 2.35. The zero-order chi connectivity index (χ0) is 13.9. The van der Waals surface area contributed by atoms with Crippen molar-refractivity contribution in [3.63, 3.8) is 0 Å². The van der Waals surface area contributed by atoms with E-state index in [1.807, 2.05) is 0 Å². The number of alkyl halides is 3. The van der Waals surface area contributed by atoms with Crippen LogP contribution in [0.5, 0.6) is 0 Å². The van der Waals surface area contributed by atoms with Crippen molar-refractivity contribution in [3.8, 4) is 0 Å². The van der Waals surface area contributed by atoms with Crippen molar-refractivity contribution in [2.24, 2.45) is 11.8 Å². The Labute approximate surface area is 123 Å². The molecule has 0 aromatic rings. The normalized spacial score (nSPS) is 21.4. The molecule has 1 amide bonds. The van der Waals surface area contributed by atoms with Gasteiger partial charge >= 0.3 is 6.18 Å². The van der Waals surface area contributed by atoms with Crippen LogP contribution in [0.4, 0.5) is 13.2 Å². The van der Waals surface area contributed by atoms with E-state index < -0.39 is 24.0 Å². The molecule has 0 aliphatic heterocycles. The van der Waals surface area contributed by atoms with Crippen LogP contribution in [0, 0.1) is 11.8 Å². The van der Waals surface area contributed by atoms with Crippen LogP contribution in [0.1, 0.15) is 38.5 Å². The molecule has 1 unspecified atom stereocenters. The van der Waals surface area contributed by atoms with Gasteiger partial charge in [-0.05, 0) is 44.1 Å². The van der Waals surface area contributed by atoms with E-state index in [4.69, 9.17) is 0 Å². The first-order valence-corrected chi connectivity index (χ1v) is 7.03. The van der Waals surface area contributed by atoms with Gasteiger partial charge < -0.3 is 10.6 Å². The summed E-state index contributed by atoms with van der Waals surface area (Å²) in [5, 5.41) is 5.08. The van der Waals surface area contributed by atoms with E-state index >= 15 is 0 Å². The molecule has 2 aliphatic rings. The lowest BCUT2D eigenvalue weighted by Gasteiger charge is -2.27. The molecule has 0 aromatic heterocycles. The monoisotopic (exact) mass is 314 g/mol. The Bertz CT molecular complexity index is 315. The average Bonchev–Trinajstić information content (AvgIpc) is 2.98. The molecule has 0 radical (unpaired) electrons. The highest BCUT2D eigenvalue weighted by molar-refractivity contribution is 5.85. The summed E-state index contributed by atoms with van der Waals surface area (Å²) < 4.78 is 38.9. The fourth-order valence-corrected chi connectivity index (χ4v) is 2.69. The quantitative estimate of drug-likeness (QED) is 0.791. The largest absolute Gasteiger partial charge is 0.408 e. The minimum Gasteiger partial charge on any atom is -0.343 e. The Morgan fingerprint density at radius 3 is 2.25 bits per heavy atom. The van der Waals surface area contributed by atoms with Gasteiger partial charge in [-0.25, -0.2) is 0 Å². The van der Waals surface area contributed by atoms with Gasteiger partial charge in [0.05, 0.1) is 6.54 Å². The third-order valence-corrected chi connectivity index (χ3v) is 3.96. The van der Waals surface area contributed by atoms with Crippen molar-refractivity contribution in [1.82, 2.24) is 10.6 Å². The molecule has 2 aliphatic carbocycles. The molecule has 0 heterocycles. The molecule has 118 valence electrons. The number of nitrogens with one attached hydrogen (secondary N) is 2. The average molecular weight is 315 g/mol. The minimum absolute atomic E-state index is 0. The van der Waals surface area contributed by atoms with Crippen molar-refractivity contribution >= 4 is 18.3 Å². The minimum atomic E-state index is -4.35. The first-order chi connectivity index (χ1) is 8.97. The highest BCUT2D eigenvalue weighted by atomic mass is 35.5. The molecule has 0 bridgehead atoms. The molecule has 2 N–H and O–H groups in total. The second kappa shape index (κ2) is 7.50. The standard InChI is InChI=1S/C13H21F3N2O.ClH/c14-13(15,16)12(10-3-1-2-4-10)18-11(19)8-17-7-9-5-6-9;/h9-10,12,17H,1-8H2,(H,18,19);1H. The van der Waals surface area contributed by atoms with Gasteiger partial charge in [-0.1, -0.05) is 12.8 Å². The summed E-state index contributed by atoms with van der Waals surface area (Å²) in [6.07, 6.45) is 0.727. The summed E-state index contributed by atoms with van der Waals surface area (Å²) in [5.41, 5.74) is 0. The van der Waals surface area contributed by atoms with Gasteiger partial charge in [0.2, 0.25) is 5.91 Å². The molecule has 2 rings (SSSR count). The van der Waals surface area contributed by atoms with Crippen LogP contribution in [0.15, 0.2) is 0 Å². The van der Waals surface area contributed by atoms with Gasteiger partial charge in [-0.3, -0.25) is 4.79 Å². The zero-order valence-electron chi connectivity index (χ0n) is 11.3. The third-order valence-electron chi connectivity index (χ3n) is 3.96. The van der Waals surface area contributed by atoms with Crippen molar-refractivity contribution in [3.05, 3.63) is 0 Å². The molecule has 3 nitrogen and oxygen atoms in total. The Morgan fingerprint density at radius 2 is 1.75 bits per heavy atom. The first-order valence-electron chi connectivity index (χ1n) is 7.03. The van der Waals surface area contributed by atoms with Crippen LogP contribution in [-0.4, -0.2) is 31.2 Å². The van der Waals surface area contributed by atoms with E-state index in [9.17, 15) is 18.0 Å². The summed E-state index contributed by atoms with van der Waals surface area (Å²) in [6.45, 7) is 0.712. The van der Waals surface area contributed by atoms with Gasteiger partial charge in [-0.15, -0.1) is 12.4 Å². The number of amides is 1. The topological polar surface area (TPSA) is 41.1 Å². The molecular formula is C13H22ClF3N2O. The van der Waals surface area contributed by atoms with Crippen molar-refractivity contribution in [2.75, 3.05) is 13.1 Å². The maximum Gasteiger partial charge on any atom is 0.408 e. The Hall–Kier alpha value is -0.490. The van der Waals surface area contributed by atoms with Crippen LogP contribution in [-0.2, 0) is 4.79 Å². The fourth-order valence-electron chi connectivity index (χ4n) is 2.69. The predicted molar refractivity (Wildman–Crippen MR) is 72.8 cm³/mol. The van der Waals surface area contributed by atoms with Gasteiger partial charge in [-0.2, -0.15) is 13.2 Å². The first kappa shape index (κ1) is 17.6. The number of halogens is 4. The van der Waals surface area contributed by atoms with E-state index in [1.54, 1.807) is 0 Å². The SMILES string of the molecule is Cl.O=C(CNCC1CC1)NC(C1CCCC1)C(F)(F)F. The van der Waals surface area contributed by atoms with E-state index in [-0.39, 0.29) is 19.0 Å². The molecule has 20 heavy (non-hydrogen) atoms. The van der Waals surface area contributed by atoms with E-state index in [2.05, 4.69) is 10.6 Å². The zero-order valence-corrected chi connectivity index (χ0v) is 12.2. The van der Waals surface area contributed by atoms with Crippen molar-refractivity contribution in [1.29, 1.82) is 0 Å². The summed E-state index contributed by atoms with van der Waals surface area (Å²) in [4.78, 5) is 11.6. The second-order valence-corrected chi connectivity index (χ2v) is 5.71. The molecule has 0 saturated heterocycles. The van der Waals surface area contributed by atoms with Crippen LogP contribution in [0.2, 0.25) is 0 Å².